The van der Waals surface area contributed by atoms with Gasteiger partial charge in [0.2, 0.25) is 0 Å². The van der Waals surface area contributed by atoms with Gasteiger partial charge < -0.3 is 5.32 Å². The molecule has 0 saturated carbocycles. The van der Waals surface area contributed by atoms with E-state index in [1.807, 2.05) is 42.5 Å². The highest BCUT2D eigenvalue weighted by molar-refractivity contribution is 6.31. The SMILES string of the molecule is O=C(Nc1cc(Cl)ccc1-n1cncn1)c1ccc(-c2ccccc2)cc1. The highest BCUT2D eigenvalue weighted by Gasteiger charge is 2.12. The van der Waals surface area contributed by atoms with E-state index < -0.39 is 0 Å². The average molecular weight is 375 g/mol. The first-order valence-electron chi connectivity index (χ1n) is 8.32. The number of carbonyl (C=O) groups is 1. The fraction of sp³-hybridized carbons (Fsp3) is 0. The normalized spacial score (nSPS) is 10.6. The van der Waals surface area contributed by atoms with E-state index >= 15 is 0 Å². The van der Waals surface area contributed by atoms with Crippen molar-refractivity contribution in [2.24, 2.45) is 0 Å². The van der Waals surface area contributed by atoms with Gasteiger partial charge in [-0.25, -0.2) is 9.67 Å². The van der Waals surface area contributed by atoms with Gasteiger partial charge in [-0.05, 0) is 41.5 Å². The summed E-state index contributed by atoms with van der Waals surface area (Å²) in [5.74, 6) is -0.224. The lowest BCUT2D eigenvalue weighted by molar-refractivity contribution is 0.102. The van der Waals surface area contributed by atoms with Crippen LogP contribution < -0.4 is 5.32 Å². The lowest BCUT2D eigenvalue weighted by Gasteiger charge is -2.12. The van der Waals surface area contributed by atoms with E-state index in [1.165, 1.54) is 6.33 Å². The van der Waals surface area contributed by atoms with Gasteiger partial charge in [-0.2, -0.15) is 5.10 Å². The fourth-order valence-electron chi connectivity index (χ4n) is 2.78. The highest BCUT2D eigenvalue weighted by atomic mass is 35.5. The minimum Gasteiger partial charge on any atom is -0.320 e. The van der Waals surface area contributed by atoms with Gasteiger partial charge in [0, 0.05) is 10.6 Å². The monoisotopic (exact) mass is 374 g/mol. The number of amides is 1. The molecule has 0 atom stereocenters. The van der Waals surface area contributed by atoms with E-state index in [0.717, 1.165) is 11.1 Å². The van der Waals surface area contributed by atoms with Gasteiger partial charge in [0.15, 0.2) is 0 Å². The number of rotatable bonds is 4. The maximum Gasteiger partial charge on any atom is 0.255 e. The molecule has 0 fully saturated rings. The van der Waals surface area contributed by atoms with Crippen LogP contribution in [0.5, 0.6) is 0 Å². The second kappa shape index (κ2) is 7.43. The summed E-state index contributed by atoms with van der Waals surface area (Å²) in [6.45, 7) is 0. The van der Waals surface area contributed by atoms with Crippen LogP contribution in [0.25, 0.3) is 16.8 Å². The quantitative estimate of drug-likeness (QED) is 0.556. The van der Waals surface area contributed by atoms with Gasteiger partial charge in [-0.15, -0.1) is 0 Å². The smallest absolute Gasteiger partial charge is 0.255 e. The summed E-state index contributed by atoms with van der Waals surface area (Å²) >= 11 is 6.10. The summed E-state index contributed by atoms with van der Waals surface area (Å²) in [4.78, 5) is 16.6. The van der Waals surface area contributed by atoms with Crippen molar-refractivity contribution in [2.45, 2.75) is 0 Å². The zero-order valence-electron chi connectivity index (χ0n) is 14.2. The number of nitrogens with one attached hydrogen (secondary N) is 1. The molecular weight excluding hydrogens is 360 g/mol. The van der Waals surface area contributed by atoms with Gasteiger partial charge in [0.05, 0.1) is 11.4 Å². The van der Waals surface area contributed by atoms with Crippen molar-refractivity contribution in [3.05, 3.63) is 96.0 Å². The van der Waals surface area contributed by atoms with Crippen LogP contribution in [-0.4, -0.2) is 20.7 Å². The van der Waals surface area contributed by atoms with Crippen molar-refractivity contribution in [3.8, 4) is 16.8 Å². The minimum absolute atomic E-state index is 0.224. The van der Waals surface area contributed by atoms with Crippen LogP contribution >= 0.6 is 11.6 Å². The summed E-state index contributed by atoms with van der Waals surface area (Å²) in [6.07, 6.45) is 3.00. The Kier molecular flexibility index (Phi) is 4.68. The van der Waals surface area contributed by atoms with Crippen LogP contribution in [-0.2, 0) is 0 Å². The summed E-state index contributed by atoms with van der Waals surface area (Å²) in [7, 11) is 0. The Morgan fingerprint density at radius 1 is 0.926 bits per heavy atom. The molecule has 1 N–H and O–H groups in total. The molecule has 0 aliphatic carbocycles. The van der Waals surface area contributed by atoms with Crippen molar-refractivity contribution in [3.63, 3.8) is 0 Å². The summed E-state index contributed by atoms with van der Waals surface area (Å²) in [5, 5.41) is 7.54. The molecule has 3 aromatic carbocycles. The van der Waals surface area contributed by atoms with E-state index in [4.69, 9.17) is 11.6 Å². The number of nitrogens with zero attached hydrogens (tertiary/aromatic N) is 3. The highest BCUT2D eigenvalue weighted by Crippen LogP contribution is 2.25. The Bertz CT molecular complexity index is 1060. The molecule has 1 amide bonds. The van der Waals surface area contributed by atoms with Gasteiger partial charge in [-0.3, -0.25) is 4.79 Å². The Labute approximate surface area is 161 Å². The summed E-state index contributed by atoms with van der Waals surface area (Å²) in [5.41, 5.74) is 3.96. The molecule has 0 aliphatic rings. The van der Waals surface area contributed by atoms with Gasteiger partial charge in [0.25, 0.3) is 5.91 Å². The van der Waals surface area contributed by atoms with Crippen molar-refractivity contribution >= 4 is 23.2 Å². The zero-order chi connectivity index (χ0) is 18.6. The lowest BCUT2D eigenvalue weighted by atomic mass is 10.0. The molecule has 4 aromatic rings. The fourth-order valence-corrected chi connectivity index (χ4v) is 2.95. The Balaban J connectivity index is 1.59. The molecule has 0 bridgehead atoms. The van der Waals surface area contributed by atoms with Crippen LogP contribution in [0, 0.1) is 0 Å². The largest absolute Gasteiger partial charge is 0.320 e. The molecule has 0 unspecified atom stereocenters. The second-order valence-corrected chi connectivity index (χ2v) is 6.34. The summed E-state index contributed by atoms with van der Waals surface area (Å²) in [6, 6.07) is 22.7. The number of anilines is 1. The first-order chi connectivity index (χ1) is 13.2. The molecule has 0 aliphatic heterocycles. The summed E-state index contributed by atoms with van der Waals surface area (Å²) < 4.78 is 1.57. The molecule has 0 spiro atoms. The molecule has 0 saturated heterocycles. The lowest BCUT2D eigenvalue weighted by Crippen LogP contribution is -2.14. The molecule has 4 rings (SSSR count). The molecule has 1 aromatic heterocycles. The molecule has 27 heavy (non-hydrogen) atoms. The third-order valence-electron chi connectivity index (χ3n) is 4.13. The zero-order valence-corrected chi connectivity index (χ0v) is 15.0. The molecule has 5 nitrogen and oxygen atoms in total. The van der Waals surface area contributed by atoms with Crippen molar-refractivity contribution in [1.29, 1.82) is 0 Å². The van der Waals surface area contributed by atoms with Crippen LogP contribution in [0.3, 0.4) is 0 Å². The van der Waals surface area contributed by atoms with Crippen molar-refractivity contribution < 1.29 is 4.79 Å². The predicted molar refractivity (Wildman–Crippen MR) is 106 cm³/mol. The Hall–Kier alpha value is -3.44. The topological polar surface area (TPSA) is 59.8 Å². The maximum atomic E-state index is 12.7. The molecule has 132 valence electrons. The predicted octanol–water partition coefficient (Wildman–Crippen LogP) is 4.84. The van der Waals surface area contributed by atoms with Crippen molar-refractivity contribution in [2.75, 3.05) is 5.32 Å². The number of halogens is 1. The Morgan fingerprint density at radius 3 is 2.37 bits per heavy atom. The maximum absolute atomic E-state index is 12.7. The van der Waals surface area contributed by atoms with Gasteiger partial charge in [0.1, 0.15) is 12.7 Å². The Morgan fingerprint density at radius 2 is 1.67 bits per heavy atom. The van der Waals surface area contributed by atoms with E-state index in [0.29, 0.717) is 22.0 Å². The van der Waals surface area contributed by atoms with Gasteiger partial charge in [-0.1, -0.05) is 54.1 Å². The number of hydrogen-bond donors (Lipinski definition) is 1. The van der Waals surface area contributed by atoms with Crippen LogP contribution in [0.4, 0.5) is 5.69 Å². The van der Waals surface area contributed by atoms with E-state index in [-0.39, 0.29) is 5.91 Å². The second-order valence-electron chi connectivity index (χ2n) is 5.90. The third-order valence-corrected chi connectivity index (χ3v) is 4.36. The number of carbonyl (C=O) groups excluding carboxylic acids is 1. The number of hydrogen-bond acceptors (Lipinski definition) is 3. The number of aromatic nitrogens is 3. The third kappa shape index (κ3) is 3.73. The van der Waals surface area contributed by atoms with Gasteiger partial charge >= 0.3 is 0 Å². The molecule has 6 heteroatoms. The van der Waals surface area contributed by atoms with Crippen LogP contribution in [0.15, 0.2) is 85.5 Å². The molecular formula is C21H15ClN4O. The van der Waals surface area contributed by atoms with E-state index in [2.05, 4.69) is 15.4 Å². The van der Waals surface area contributed by atoms with E-state index in [1.54, 1.807) is 41.3 Å². The van der Waals surface area contributed by atoms with Crippen LogP contribution in [0.2, 0.25) is 5.02 Å². The van der Waals surface area contributed by atoms with Crippen molar-refractivity contribution in [1.82, 2.24) is 14.8 Å². The standard InChI is InChI=1S/C21H15ClN4O/c22-18-10-11-20(26-14-23-13-24-26)19(12-18)25-21(27)17-8-6-16(7-9-17)15-4-2-1-3-5-15/h1-14H,(H,25,27). The van der Waals surface area contributed by atoms with E-state index in [9.17, 15) is 4.79 Å². The van der Waals surface area contributed by atoms with Crippen LogP contribution in [0.1, 0.15) is 10.4 Å². The minimum atomic E-state index is -0.224. The first kappa shape index (κ1) is 17.0. The first-order valence-corrected chi connectivity index (χ1v) is 8.70. The molecule has 0 radical (unpaired) electrons. The number of benzene rings is 3. The molecule has 1 heterocycles. The average Bonchev–Trinajstić information content (AvgIpc) is 3.23.